The van der Waals surface area contributed by atoms with Crippen LogP contribution in [0.25, 0.3) is 0 Å². The molecule has 6 heteroatoms. The van der Waals surface area contributed by atoms with Gasteiger partial charge >= 0.3 is 0 Å². The van der Waals surface area contributed by atoms with Crippen LogP contribution < -0.4 is 16.0 Å². The standard InChI is InChI=1S/C27H30N6/c1-4-19-7-13-22(14-8-19)28-25-31-26(29-23-15-9-20(5-2)10-16-23)33-27(32-25)30-24-17-11-21(6-3)12-18-24/h7-18H,4-6H2,1-3H3,(H3,28,29,30,31,32,33). The van der Waals surface area contributed by atoms with Gasteiger partial charge in [0, 0.05) is 17.1 Å². The Morgan fingerprint density at radius 1 is 0.424 bits per heavy atom. The number of benzene rings is 3. The minimum atomic E-state index is 0.467. The van der Waals surface area contributed by atoms with Gasteiger partial charge in [-0.2, -0.15) is 15.0 Å². The molecule has 0 spiro atoms. The lowest BCUT2D eigenvalue weighted by atomic mass is 10.1. The van der Waals surface area contributed by atoms with E-state index in [-0.39, 0.29) is 0 Å². The van der Waals surface area contributed by atoms with Gasteiger partial charge in [0.05, 0.1) is 0 Å². The van der Waals surface area contributed by atoms with E-state index < -0.39 is 0 Å². The quantitative estimate of drug-likeness (QED) is 0.267. The van der Waals surface area contributed by atoms with Crippen LogP contribution in [0.3, 0.4) is 0 Å². The first-order valence-electron chi connectivity index (χ1n) is 11.5. The van der Waals surface area contributed by atoms with E-state index in [9.17, 15) is 0 Å². The van der Waals surface area contributed by atoms with E-state index in [1.807, 2.05) is 36.4 Å². The predicted molar refractivity (Wildman–Crippen MR) is 137 cm³/mol. The lowest BCUT2D eigenvalue weighted by molar-refractivity contribution is 1.06. The summed E-state index contributed by atoms with van der Waals surface area (Å²) in [5, 5.41) is 9.91. The van der Waals surface area contributed by atoms with Crippen LogP contribution in [0.2, 0.25) is 0 Å². The van der Waals surface area contributed by atoms with Crippen LogP contribution >= 0.6 is 0 Å². The first-order chi connectivity index (χ1) is 16.1. The van der Waals surface area contributed by atoms with E-state index in [2.05, 4.69) is 88.1 Å². The van der Waals surface area contributed by atoms with E-state index >= 15 is 0 Å². The van der Waals surface area contributed by atoms with Gasteiger partial charge in [-0.3, -0.25) is 0 Å². The van der Waals surface area contributed by atoms with Crippen molar-refractivity contribution in [3.8, 4) is 0 Å². The molecule has 3 aromatic carbocycles. The van der Waals surface area contributed by atoms with Gasteiger partial charge in [0.15, 0.2) is 0 Å². The van der Waals surface area contributed by atoms with Crippen LogP contribution in [0.5, 0.6) is 0 Å². The summed E-state index contributed by atoms with van der Waals surface area (Å²) >= 11 is 0. The van der Waals surface area contributed by atoms with Crippen molar-refractivity contribution in [3.63, 3.8) is 0 Å². The molecule has 33 heavy (non-hydrogen) atoms. The largest absolute Gasteiger partial charge is 0.324 e. The highest BCUT2D eigenvalue weighted by Crippen LogP contribution is 2.22. The average molecular weight is 439 g/mol. The summed E-state index contributed by atoms with van der Waals surface area (Å²) in [6.45, 7) is 6.43. The van der Waals surface area contributed by atoms with E-state index in [1.54, 1.807) is 0 Å². The molecule has 0 fully saturated rings. The van der Waals surface area contributed by atoms with E-state index in [0.717, 1.165) is 36.3 Å². The number of hydrogen-bond donors (Lipinski definition) is 3. The molecule has 0 saturated heterocycles. The molecule has 4 aromatic rings. The minimum Gasteiger partial charge on any atom is -0.324 e. The summed E-state index contributed by atoms with van der Waals surface area (Å²) in [5.74, 6) is 1.40. The van der Waals surface area contributed by atoms with Gasteiger partial charge in [0.1, 0.15) is 0 Å². The Morgan fingerprint density at radius 3 is 0.879 bits per heavy atom. The summed E-state index contributed by atoms with van der Waals surface area (Å²) in [7, 11) is 0. The number of hydrogen-bond acceptors (Lipinski definition) is 6. The third-order valence-corrected chi connectivity index (χ3v) is 5.49. The second kappa shape index (κ2) is 10.6. The maximum absolute atomic E-state index is 4.59. The molecule has 0 aliphatic heterocycles. The molecule has 0 atom stereocenters. The van der Waals surface area contributed by atoms with Crippen molar-refractivity contribution in [2.75, 3.05) is 16.0 Å². The lowest BCUT2D eigenvalue weighted by Crippen LogP contribution is -2.07. The Balaban J connectivity index is 1.61. The van der Waals surface area contributed by atoms with Gasteiger partial charge in [0.2, 0.25) is 17.8 Å². The summed E-state index contributed by atoms with van der Waals surface area (Å²) in [6.07, 6.45) is 3.01. The van der Waals surface area contributed by atoms with Crippen LogP contribution in [0.4, 0.5) is 34.9 Å². The maximum atomic E-state index is 4.59. The van der Waals surface area contributed by atoms with Gasteiger partial charge in [-0.1, -0.05) is 57.2 Å². The van der Waals surface area contributed by atoms with Gasteiger partial charge in [-0.15, -0.1) is 0 Å². The fraction of sp³-hybridized carbons (Fsp3) is 0.222. The van der Waals surface area contributed by atoms with Crippen molar-refractivity contribution in [2.45, 2.75) is 40.0 Å². The van der Waals surface area contributed by atoms with Crippen molar-refractivity contribution in [3.05, 3.63) is 89.5 Å². The molecule has 0 unspecified atom stereocenters. The third-order valence-electron chi connectivity index (χ3n) is 5.49. The highest BCUT2D eigenvalue weighted by atomic mass is 15.3. The van der Waals surface area contributed by atoms with Crippen LogP contribution in [-0.2, 0) is 19.3 Å². The topological polar surface area (TPSA) is 74.8 Å². The van der Waals surface area contributed by atoms with E-state index in [0.29, 0.717) is 17.8 Å². The summed E-state index contributed by atoms with van der Waals surface area (Å²) < 4.78 is 0. The summed E-state index contributed by atoms with van der Waals surface area (Å²) in [4.78, 5) is 13.8. The predicted octanol–water partition coefficient (Wildman–Crippen LogP) is 6.79. The van der Waals surface area contributed by atoms with Crippen molar-refractivity contribution < 1.29 is 0 Å². The highest BCUT2D eigenvalue weighted by Gasteiger charge is 2.09. The first-order valence-corrected chi connectivity index (χ1v) is 11.5. The normalized spacial score (nSPS) is 10.6. The Hall–Kier alpha value is -3.93. The molecular weight excluding hydrogens is 408 g/mol. The Kier molecular flexibility index (Phi) is 7.15. The number of aromatic nitrogens is 3. The molecule has 0 saturated carbocycles. The Labute approximate surface area is 195 Å². The molecule has 0 bridgehead atoms. The van der Waals surface area contributed by atoms with Crippen molar-refractivity contribution in [1.29, 1.82) is 0 Å². The fourth-order valence-corrected chi connectivity index (χ4v) is 3.40. The Morgan fingerprint density at radius 2 is 0.667 bits per heavy atom. The average Bonchev–Trinajstić information content (AvgIpc) is 2.85. The SMILES string of the molecule is CCc1ccc(Nc2nc(Nc3ccc(CC)cc3)nc(Nc3ccc(CC)cc3)n2)cc1. The third kappa shape index (κ3) is 6.07. The van der Waals surface area contributed by atoms with Gasteiger partial charge in [0.25, 0.3) is 0 Å². The number of anilines is 6. The molecule has 3 N–H and O–H groups in total. The van der Waals surface area contributed by atoms with Crippen molar-refractivity contribution in [2.24, 2.45) is 0 Å². The van der Waals surface area contributed by atoms with Crippen LogP contribution in [0, 0.1) is 0 Å². The minimum absolute atomic E-state index is 0.467. The molecular formula is C27H30N6. The lowest BCUT2D eigenvalue weighted by Gasteiger charge is -2.12. The summed E-state index contributed by atoms with van der Waals surface area (Å²) in [6, 6.07) is 24.8. The Bertz CT molecular complexity index is 1010. The first kappa shape index (κ1) is 22.3. The smallest absolute Gasteiger partial charge is 0.233 e. The van der Waals surface area contributed by atoms with Crippen LogP contribution in [0.1, 0.15) is 37.5 Å². The van der Waals surface area contributed by atoms with Crippen LogP contribution in [0.15, 0.2) is 72.8 Å². The molecule has 0 aliphatic rings. The zero-order valence-corrected chi connectivity index (χ0v) is 19.4. The number of aryl methyl sites for hydroxylation is 3. The fourth-order valence-electron chi connectivity index (χ4n) is 3.40. The number of nitrogens with zero attached hydrogens (tertiary/aromatic N) is 3. The van der Waals surface area contributed by atoms with Crippen LogP contribution in [-0.4, -0.2) is 15.0 Å². The monoisotopic (exact) mass is 438 g/mol. The molecule has 0 aliphatic carbocycles. The zero-order chi connectivity index (χ0) is 23.0. The van der Waals surface area contributed by atoms with Gasteiger partial charge in [-0.25, -0.2) is 0 Å². The number of nitrogens with one attached hydrogen (secondary N) is 3. The van der Waals surface area contributed by atoms with Crippen molar-refractivity contribution >= 4 is 34.9 Å². The second-order valence-electron chi connectivity index (χ2n) is 7.83. The van der Waals surface area contributed by atoms with Crippen molar-refractivity contribution in [1.82, 2.24) is 15.0 Å². The molecule has 6 nitrogen and oxygen atoms in total. The van der Waals surface area contributed by atoms with E-state index in [4.69, 9.17) is 0 Å². The zero-order valence-electron chi connectivity index (χ0n) is 19.4. The highest BCUT2D eigenvalue weighted by molar-refractivity contribution is 5.62. The molecule has 1 heterocycles. The molecule has 0 radical (unpaired) electrons. The molecule has 1 aromatic heterocycles. The van der Waals surface area contributed by atoms with E-state index in [1.165, 1.54) is 16.7 Å². The molecule has 0 amide bonds. The van der Waals surface area contributed by atoms with Gasteiger partial charge in [-0.05, 0) is 72.4 Å². The van der Waals surface area contributed by atoms with Gasteiger partial charge < -0.3 is 16.0 Å². The maximum Gasteiger partial charge on any atom is 0.233 e. The molecule has 4 rings (SSSR count). The summed E-state index contributed by atoms with van der Waals surface area (Å²) in [5.41, 5.74) is 6.63. The number of rotatable bonds is 9. The second-order valence-corrected chi connectivity index (χ2v) is 7.83. The molecule has 168 valence electrons.